The van der Waals surface area contributed by atoms with Gasteiger partial charge in [-0.15, -0.1) is 0 Å². The monoisotopic (exact) mass is 357 g/mol. The molecule has 0 aromatic heterocycles. The fourth-order valence-electron chi connectivity index (χ4n) is 2.49. The number of anilines is 1. The summed E-state index contributed by atoms with van der Waals surface area (Å²) in [6.07, 6.45) is 2.48. The van der Waals surface area contributed by atoms with Crippen LogP contribution in [0.4, 0.5) is 11.4 Å². The van der Waals surface area contributed by atoms with Crippen molar-refractivity contribution in [2.45, 2.75) is 37.1 Å². The largest absolute Gasteiger partial charge is 0.480 e. The van der Waals surface area contributed by atoms with Crippen molar-refractivity contribution in [3.8, 4) is 0 Å². The van der Waals surface area contributed by atoms with Crippen molar-refractivity contribution in [3.05, 3.63) is 28.3 Å². The van der Waals surface area contributed by atoms with Crippen LogP contribution in [0.25, 0.3) is 0 Å². The molecule has 1 fully saturated rings. The maximum absolute atomic E-state index is 12.6. The number of carboxylic acid groups (broad SMARTS) is 1. The molecule has 0 aliphatic carbocycles. The molecule has 1 unspecified atom stereocenters. The first-order chi connectivity index (χ1) is 11.2. The van der Waals surface area contributed by atoms with Crippen molar-refractivity contribution >= 4 is 27.4 Å². The molecule has 1 heterocycles. The van der Waals surface area contributed by atoms with E-state index in [-0.39, 0.29) is 10.6 Å². The Labute approximate surface area is 139 Å². The zero-order valence-electron chi connectivity index (χ0n) is 13.1. The molecule has 1 aromatic rings. The van der Waals surface area contributed by atoms with Gasteiger partial charge in [-0.25, -0.2) is 8.42 Å². The standard InChI is InChI=1S/C14H19N3O6S/c1-10(14(18)19)15-12-6-5-11(9-13(12)17(20)21)24(22,23)16-7-3-2-4-8-16/h5-6,9-10,15H,2-4,7-8H2,1H3,(H,18,19). The van der Waals surface area contributed by atoms with Crippen molar-refractivity contribution in [2.75, 3.05) is 18.4 Å². The molecule has 1 aromatic carbocycles. The number of hydrogen-bond acceptors (Lipinski definition) is 6. The maximum Gasteiger partial charge on any atom is 0.325 e. The molecule has 132 valence electrons. The number of hydrogen-bond donors (Lipinski definition) is 2. The van der Waals surface area contributed by atoms with Gasteiger partial charge in [0.15, 0.2) is 0 Å². The summed E-state index contributed by atoms with van der Waals surface area (Å²) in [6, 6.07) is 2.41. The number of nitro groups is 1. The second kappa shape index (κ2) is 7.14. The van der Waals surface area contributed by atoms with E-state index < -0.39 is 32.6 Å². The van der Waals surface area contributed by atoms with Crippen molar-refractivity contribution in [3.63, 3.8) is 0 Å². The molecular formula is C14H19N3O6S. The molecule has 2 rings (SSSR count). The lowest BCUT2D eigenvalue weighted by atomic mass is 10.2. The van der Waals surface area contributed by atoms with Crippen LogP contribution in [-0.4, -0.2) is 47.9 Å². The van der Waals surface area contributed by atoms with E-state index in [1.165, 1.54) is 23.4 Å². The van der Waals surface area contributed by atoms with Crippen LogP contribution in [0.5, 0.6) is 0 Å². The number of nitrogens with zero attached hydrogens (tertiary/aromatic N) is 2. The average Bonchev–Trinajstić information content (AvgIpc) is 2.55. The third-order valence-corrected chi connectivity index (χ3v) is 5.76. The maximum atomic E-state index is 12.6. The van der Waals surface area contributed by atoms with E-state index in [1.54, 1.807) is 0 Å². The van der Waals surface area contributed by atoms with Gasteiger partial charge in [-0.1, -0.05) is 6.42 Å². The Bertz CT molecular complexity index is 743. The first-order valence-corrected chi connectivity index (χ1v) is 8.95. The Balaban J connectivity index is 2.37. The molecule has 0 radical (unpaired) electrons. The van der Waals surface area contributed by atoms with Crippen molar-refractivity contribution in [1.29, 1.82) is 0 Å². The van der Waals surface area contributed by atoms with Crippen molar-refractivity contribution in [2.24, 2.45) is 0 Å². The van der Waals surface area contributed by atoms with Crippen LogP contribution < -0.4 is 5.32 Å². The highest BCUT2D eigenvalue weighted by Crippen LogP contribution is 2.30. The van der Waals surface area contributed by atoms with Gasteiger partial charge in [0.2, 0.25) is 10.0 Å². The summed E-state index contributed by atoms with van der Waals surface area (Å²) in [5, 5.41) is 22.6. The highest BCUT2D eigenvalue weighted by molar-refractivity contribution is 7.89. The first-order valence-electron chi connectivity index (χ1n) is 7.51. The highest BCUT2D eigenvalue weighted by atomic mass is 32.2. The summed E-state index contributed by atoms with van der Waals surface area (Å²) in [5.41, 5.74) is -0.506. The van der Waals surface area contributed by atoms with Gasteiger partial charge >= 0.3 is 5.97 Å². The summed E-state index contributed by atoms with van der Waals surface area (Å²) in [4.78, 5) is 21.2. The summed E-state index contributed by atoms with van der Waals surface area (Å²) >= 11 is 0. The van der Waals surface area contributed by atoms with Gasteiger partial charge in [0, 0.05) is 19.2 Å². The molecule has 0 amide bonds. The van der Waals surface area contributed by atoms with Gasteiger partial charge in [0.05, 0.1) is 9.82 Å². The SMILES string of the molecule is CC(Nc1ccc(S(=O)(=O)N2CCCCC2)cc1[N+](=O)[O-])C(=O)O. The fourth-order valence-corrected chi connectivity index (χ4v) is 4.03. The number of nitrogens with one attached hydrogen (secondary N) is 1. The molecule has 1 saturated heterocycles. The minimum Gasteiger partial charge on any atom is -0.480 e. The number of benzene rings is 1. The minimum absolute atomic E-state index is 0.0347. The van der Waals surface area contributed by atoms with E-state index >= 15 is 0 Å². The molecule has 1 atom stereocenters. The lowest BCUT2D eigenvalue weighted by molar-refractivity contribution is -0.384. The average molecular weight is 357 g/mol. The number of nitro benzene ring substituents is 1. The molecule has 2 N–H and O–H groups in total. The second-order valence-corrected chi connectivity index (χ2v) is 7.54. The summed E-state index contributed by atoms with van der Waals surface area (Å²) in [7, 11) is -3.79. The van der Waals surface area contributed by atoms with Gasteiger partial charge < -0.3 is 10.4 Å². The van der Waals surface area contributed by atoms with E-state index in [9.17, 15) is 23.3 Å². The van der Waals surface area contributed by atoms with Gasteiger partial charge in [0.1, 0.15) is 11.7 Å². The lowest BCUT2D eigenvalue weighted by Gasteiger charge is -2.25. The predicted octanol–water partition coefficient (Wildman–Crippen LogP) is 1.65. The third kappa shape index (κ3) is 3.82. The molecular weight excluding hydrogens is 338 g/mol. The lowest BCUT2D eigenvalue weighted by Crippen LogP contribution is -2.35. The Morgan fingerprint density at radius 1 is 1.33 bits per heavy atom. The third-order valence-electron chi connectivity index (χ3n) is 3.86. The number of carboxylic acids is 1. The van der Waals surface area contributed by atoms with Gasteiger partial charge in [-0.3, -0.25) is 14.9 Å². The zero-order chi connectivity index (χ0) is 17.9. The van der Waals surface area contributed by atoms with Crippen LogP contribution in [0, 0.1) is 10.1 Å². The Morgan fingerprint density at radius 2 is 1.96 bits per heavy atom. The molecule has 1 aliphatic rings. The Kier molecular flexibility index (Phi) is 5.40. The van der Waals surface area contributed by atoms with Crippen LogP contribution in [-0.2, 0) is 14.8 Å². The highest BCUT2D eigenvalue weighted by Gasteiger charge is 2.29. The van der Waals surface area contributed by atoms with E-state index in [2.05, 4.69) is 5.32 Å². The zero-order valence-corrected chi connectivity index (χ0v) is 14.0. The molecule has 1 aliphatic heterocycles. The normalized spacial score (nSPS) is 17.2. The van der Waals surface area contributed by atoms with Crippen LogP contribution in [0.15, 0.2) is 23.1 Å². The van der Waals surface area contributed by atoms with Crippen molar-refractivity contribution < 1.29 is 23.2 Å². The van der Waals surface area contributed by atoms with Gasteiger partial charge in [-0.2, -0.15) is 4.31 Å². The molecule has 0 saturated carbocycles. The van der Waals surface area contributed by atoms with Crippen LogP contribution in [0.3, 0.4) is 0 Å². The summed E-state index contributed by atoms with van der Waals surface area (Å²) in [6.45, 7) is 2.13. The minimum atomic E-state index is -3.79. The number of aliphatic carboxylic acids is 1. The molecule has 24 heavy (non-hydrogen) atoms. The number of piperidine rings is 1. The number of sulfonamides is 1. The molecule has 10 heteroatoms. The van der Waals surface area contributed by atoms with E-state index in [1.807, 2.05) is 0 Å². The second-order valence-electron chi connectivity index (χ2n) is 5.61. The molecule has 0 bridgehead atoms. The van der Waals surface area contributed by atoms with E-state index in [0.717, 1.165) is 25.3 Å². The number of rotatable bonds is 6. The topological polar surface area (TPSA) is 130 Å². The molecule has 0 spiro atoms. The van der Waals surface area contributed by atoms with E-state index in [0.29, 0.717) is 13.1 Å². The Hall–Kier alpha value is -2.20. The Morgan fingerprint density at radius 3 is 2.50 bits per heavy atom. The van der Waals surface area contributed by atoms with Gasteiger partial charge in [0.25, 0.3) is 5.69 Å². The molecule has 9 nitrogen and oxygen atoms in total. The van der Waals surface area contributed by atoms with Crippen LogP contribution in [0.2, 0.25) is 0 Å². The van der Waals surface area contributed by atoms with Crippen molar-refractivity contribution in [1.82, 2.24) is 4.31 Å². The number of carbonyl (C=O) groups is 1. The summed E-state index contributed by atoms with van der Waals surface area (Å²) in [5.74, 6) is -1.17. The smallest absolute Gasteiger partial charge is 0.325 e. The predicted molar refractivity (Wildman–Crippen MR) is 86.4 cm³/mol. The first kappa shape index (κ1) is 18.1. The van der Waals surface area contributed by atoms with Crippen LogP contribution >= 0.6 is 0 Å². The fraction of sp³-hybridized carbons (Fsp3) is 0.500. The summed E-state index contributed by atoms with van der Waals surface area (Å²) < 4.78 is 26.5. The van der Waals surface area contributed by atoms with Crippen LogP contribution in [0.1, 0.15) is 26.2 Å². The quantitative estimate of drug-likeness (QED) is 0.585. The van der Waals surface area contributed by atoms with E-state index in [4.69, 9.17) is 5.11 Å². The van der Waals surface area contributed by atoms with Gasteiger partial charge in [-0.05, 0) is 31.9 Å².